The van der Waals surface area contributed by atoms with Gasteiger partial charge in [0.1, 0.15) is 12.6 Å². The van der Waals surface area contributed by atoms with Gasteiger partial charge in [0, 0.05) is 5.02 Å². The van der Waals surface area contributed by atoms with E-state index in [9.17, 15) is 9.59 Å². The molecule has 0 spiro atoms. The number of hydrogen-bond acceptors (Lipinski definition) is 7. The number of hydrazone groups is 1. The minimum atomic E-state index is -0.845. The van der Waals surface area contributed by atoms with E-state index in [2.05, 4.69) is 15.8 Å². The van der Waals surface area contributed by atoms with E-state index >= 15 is 0 Å². The first-order valence-electron chi connectivity index (χ1n) is 12.6. The Balaban J connectivity index is 1.38. The Kier molecular flexibility index (Phi) is 9.74. The van der Waals surface area contributed by atoms with Gasteiger partial charge in [-0.15, -0.1) is 0 Å². The number of hydrogen-bond donors (Lipinski definition) is 2. The largest absolute Gasteiger partial charge is 0.490 e. The Labute approximate surface area is 242 Å². The van der Waals surface area contributed by atoms with Gasteiger partial charge in [0.2, 0.25) is 6.79 Å². The summed E-state index contributed by atoms with van der Waals surface area (Å²) >= 11 is 12.0. The van der Waals surface area contributed by atoms with Gasteiger partial charge in [-0.25, -0.2) is 5.43 Å². The van der Waals surface area contributed by atoms with Crippen LogP contribution >= 0.6 is 23.2 Å². The first-order valence-corrected chi connectivity index (χ1v) is 13.4. The van der Waals surface area contributed by atoms with Crippen molar-refractivity contribution >= 4 is 41.2 Å². The second-order valence-electron chi connectivity index (χ2n) is 9.17. The molecule has 210 valence electrons. The minimum absolute atomic E-state index is 0.194. The first kappa shape index (κ1) is 29.0. The third-order valence-corrected chi connectivity index (χ3v) is 6.45. The Morgan fingerprint density at radius 3 is 2.55 bits per heavy atom. The molecule has 2 N–H and O–H groups in total. The lowest BCUT2D eigenvalue weighted by molar-refractivity contribution is -0.123. The molecule has 0 radical (unpaired) electrons. The molecule has 4 rings (SSSR count). The molecule has 2 amide bonds. The standard InChI is InChI=1S/C29H29Cl2N3O6/c1-4-37-25-11-18(5-9-23(25)38-15-19-6-10-24-26(12-19)40-16-39-24)14-32-34-29(36)27(17(2)3)33-28(35)21-8-7-20(30)13-22(21)31/h5-14,17,27H,4,15-16H2,1-3H3,(H,33,35)(H,34,36). The Morgan fingerprint density at radius 1 is 1.00 bits per heavy atom. The predicted octanol–water partition coefficient (Wildman–Crippen LogP) is 5.60. The fourth-order valence-corrected chi connectivity index (χ4v) is 4.35. The SMILES string of the molecule is CCOc1cc(C=NNC(=O)C(NC(=O)c2ccc(Cl)cc2Cl)C(C)C)ccc1OCc1ccc2c(c1)OCO2. The van der Waals surface area contributed by atoms with Crippen molar-refractivity contribution in [1.82, 2.24) is 10.7 Å². The number of ether oxygens (including phenoxy) is 4. The maximum atomic E-state index is 12.8. The number of halogens is 2. The first-order chi connectivity index (χ1) is 19.2. The van der Waals surface area contributed by atoms with Crippen molar-refractivity contribution in [3.8, 4) is 23.0 Å². The van der Waals surface area contributed by atoms with E-state index in [0.717, 1.165) is 5.56 Å². The average molecular weight is 586 g/mol. The molecule has 3 aromatic rings. The van der Waals surface area contributed by atoms with E-state index in [-0.39, 0.29) is 23.3 Å². The number of nitrogens with zero attached hydrogens (tertiary/aromatic N) is 1. The number of fused-ring (bicyclic) bond motifs is 1. The van der Waals surface area contributed by atoms with E-state index in [1.807, 2.05) is 39.0 Å². The van der Waals surface area contributed by atoms with Crippen LogP contribution in [0.4, 0.5) is 0 Å². The van der Waals surface area contributed by atoms with Crippen molar-refractivity contribution < 1.29 is 28.5 Å². The topological polar surface area (TPSA) is 107 Å². The van der Waals surface area contributed by atoms with Crippen LogP contribution in [0.1, 0.15) is 42.3 Å². The molecule has 11 heteroatoms. The molecule has 0 bridgehead atoms. The second kappa shape index (κ2) is 13.4. The van der Waals surface area contributed by atoms with Crippen LogP contribution in [0.3, 0.4) is 0 Å². The van der Waals surface area contributed by atoms with Crippen LogP contribution in [-0.2, 0) is 11.4 Å². The van der Waals surface area contributed by atoms with Crippen molar-refractivity contribution in [1.29, 1.82) is 0 Å². The Morgan fingerprint density at radius 2 is 1.80 bits per heavy atom. The summed E-state index contributed by atoms with van der Waals surface area (Å²) in [4.78, 5) is 25.6. The molecule has 1 aliphatic heterocycles. The van der Waals surface area contributed by atoms with Gasteiger partial charge in [0.25, 0.3) is 11.8 Å². The van der Waals surface area contributed by atoms with E-state index in [1.165, 1.54) is 18.3 Å². The third kappa shape index (κ3) is 7.37. The predicted molar refractivity (Wildman–Crippen MR) is 153 cm³/mol. The smallest absolute Gasteiger partial charge is 0.262 e. The zero-order chi connectivity index (χ0) is 28.6. The quantitative estimate of drug-likeness (QED) is 0.224. The van der Waals surface area contributed by atoms with Gasteiger partial charge in [-0.05, 0) is 72.5 Å². The highest BCUT2D eigenvalue weighted by Gasteiger charge is 2.25. The normalized spacial score (nSPS) is 12.8. The van der Waals surface area contributed by atoms with Crippen LogP contribution in [0.5, 0.6) is 23.0 Å². The molecule has 1 aliphatic rings. The van der Waals surface area contributed by atoms with Crippen molar-refractivity contribution in [2.75, 3.05) is 13.4 Å². The maximum Gasteiger partial charge on any atom is 0.262 e. The lowest BCUT2D eigenvalue weighted by atomic mass is 10.0. The van der Waals surface area contributed by atoms with Crippen molar-refractivity contribution in [2.24, 2.45) is 11.0 Å². The van der Waals surface area contributed by atoms with E-state index in [0.29, 0.717) is 46.8 Å². The fourth-order valence-electron chi connectivity index (χ4n) is 3.85. The lowest BCUT2D eigenvalue weighted by Crippen LogP contribution is -2.48. The van der Waals surface area contributed by atoms with Crippen molar-refractivity contribution in [3.63, 3.8) is 0 Å². The van der Waals surface area contributed by atoms with Gasteiger partial charge in [-0.3, -0.25) is 9.59 Å². The summed E-state index contributed by atoms with van der Waals surface area (Å²) in [6.07, 6.45) is 1.48. The Hall–Kier alpha value is -3.95. The summed E-state index contributed by atoms with van der Waals surface area (Å²) in [5.41, 5.74) is 4.31. The summed E-state index contributed by atoms with van der Waals surface area (Å²) in [6, 6.07) is 14.6. The molecule has 0 aliphatic carbocycles. The molecule has 0 fully saturated rings. The summed E-state index contributed by atoms with van der Waals surface area (Å²) in [6.45, 7) is 6.46. The van der Waals surface area contributed by atoms with Gasteiger partial charge < -0.3 is 24.3 Å². The van der Waals surface area contributed by atoms with E-state index < -0.39 is 17.9 Å². The monoisotopic (exact) mass is 585 g/mol. The molecule has 3 aromatic carbocycles. The highest BCUT2D eigenvalue weighted by atomic mass is 35.5. The molecule has 9 nitrogen and oxygen atoms in total. The molecule has 0 saturated carbocycles. The minimum Gasteiger partial charge on any atom is -0.490 e. The van der Waals surface area contributed by atoms with Crippen molar-refractivity contribution in [3.05, 3.63) is 81.3 Å². The van der Waals surface area contributed by atoms with Crippen LogP contribution in [0.2, 0.25) is 10.0 Å². The van der Waals surface area contributed by atoms with Gasteiger partial charge in [-0.2, -0.15) is 5.10 Å². The van der Waals surface area contributed by atoms with E-state index in [1.54, 1.807) is 24.3 Å². The van der Waals surface area contributed by atoms with Crippen LogP contribution in [0, 0.1) is 5.92 Å². The molecular weight excluding hydrogens is 557 g/mol. The van der Waals surface area contributed by atoms with Gasteiger partial charge in [0.15, 0.2) is 23.0 Å². The lowest BCUT2D eigenvalue weighted by Gasteiger charge is -2.20. The second-order valence-corrected chi connectivity index (χ2v) is 10.0. The molecule has 1 unspecified atom stereocenters. The van der Waals surface area contributed by atoms with Gasteiger partial charge >= 0.3 is 0 Å². The zero-order valence-electron chi connectivity index (χ0n) is 22.2. The molecule has 1 heterocycles. The molecular formula is C29H29Cl2N3O6. The Bertz CT molecular complexity index is 1410. The average Bonchev–Trinajstić information content (AvgIpc) is 3.39. The number of benzene rings is 3. The van der Waals surface area contributed by atoms with Gasteiger partial charge in [-0.1, -0.05) is 43.1 Å². The number of rotatable bonds is 11. The summed E-state index contributed by atoms with van der Waals surface area (Å²) in [5, 5.41) is 7.38. The summed E-state index contributed by atoms with van der Waals surface area (Å²) < 4.78 is 22.5. The fraction of sp³-hybridized carbons (Fsp3) is 0.276. The third-order valence-electron chi connectivity index (χ3n) is 5.90. The van der Waals surface area contributed by atoms with Crippen LogP contribution in [-0.4, -0.2) is 37.5 Å². The maximum absolute atomic E-state index is 12.8. The molecule has 0 saturated heterocycles. The van der Waals surface area contributed by atoms with E-state index in [4.69, 9.17) is 42.1 Å². The highest BCUT2D eigenvalue weighted by Crippen LogP contribution is 2.34. The van der Waals surface area contributed by atoms with Crippen LogP contribution < -0.4 is 29.7 Å². The number of carbonyl (C=O) groups is 2. The number of amides is 2. The number of carbonyl (C=O) groups excluding carboxylic acids is 2. The highest BCUT2D eigenvalue weighted by molar-refractivity contribution is 6.36. The summed E-state index contributed by atoms with van der Waals surface area (Å²) in [5.74, 6) is 1.32. The van der Waals surface area contributed by atoms with Crippen molar-refractivity contribution in [2.45, 2.75) is 33.4 Å². The van der Waals surface area contributed by atoms with Crippen LogP contribution in [0.25, 0.3) is 0 Å². The zero-order valence-corrected chi connectivity index (χ0v) is 23.7. The molecule has 0 aromatic heterocycles. The van der Waals surface area contributed by atoms with Crippen LogP contribution in [0.15, 0.2) is 59.7 Å². The molecule has 1 atom stereocenters. The summed E-state index contributed by atoms with van der Waals surface area (Å²) in [7, 11) is 0. The molecule has 40 heavy (non-hydrogen) atoms. The number of nitrogens with one attached hydrogen (secondary N) is 2. The van der Waals surface area contributed by atoms with Gasteiger partial charge in [0.05, 0.1) is 23.4 Å².